The molecule has 76 valence electrons. The van der Waals surface area contributed by atoms with Crippen molar-refractivity contribution in [1.82, 2.24) is 5.32 Å². The SMILES string of the molecule is CCC1(C)NC(C(=O)O)C(C)(C)S1. The van der Waals surface area contributed by atoms with Gasteiger partial charge in [0.25, 0.3) is 0 Å². The first kappa shape index (κ1) is 10.9. The Morgan fingerprint density at radius 1 is 1.54 bits per heavy atom. The third kappa shape index (κ3) is 1.99. The average Bonchev–Trinajstić information content (AvgIpc) is 2.22. The smallest absolute Gasteiger partial charge is 0.322 e. The lowest BCUT2D eigenvalue weighted by Gasteiger charge is -2.23. The topological polar surface area (TPSA) is 49.3 Å². The number of carboxylic acids is 1. The molecule has 2 atom stereocenters. The van der Waals surface area contributed by atoms with Gasteiger partial charge in [-0.3, -0.25) is 10.1 Å². The Bertz CT molecular complexity index is 230. The maximum atomic E-state index is 10.9. The quantitative estimate of drug-likeness (QED) is 0.717. The van der Waals surface area contributed by atoms with Crippen LogP contribution in [0.25, 0.3) is 0 Å². The number of carboxylic acid groups (broad SMARTS) is 1. The second kappa shape index (κ2) is 3.17. The van der Waals surface area contributed by atoms with Gasteiger partial charge in [0.2, 0.25) is 0 Å². The Morgan fingerprint density at radius 3 is 2.31 bits per heavy atom. The molecule has 0 radical (unpaired) electrons. The number of rotatable bonds is 2. The van der Waals surface area contributed by atoms with E-state index in [4.69, 9.17) is 5.11 Å². The highest BCUT2D eigenvalue weighted by Gasteiger charge is 2.49. The molecule has 2 N–H and O–H groups in total. The fourth-order valence-electron chi connectivity index (χ4n) is 1.68. The van der Waals surface area contributed by atoms with Crippen molar-refractivity contribution in [2.45, 2.75) is 49.8 Å². The lowest BCUT2D eigenvalue weighted by atomic mass is 10.0. The molecule has 1 saturated heterocycles. The summed E-state index contributed by atoms with van der Waals surface area (Å²) in [6, 6.07) is -0.442. The third-order valence-corrected chi connectivity index (χ3v) is 4.17. The number of hydrogen-bond acceptors (Lipinski definition) is 3. The lowest BCUT2D eigenvalue weighted by Crippen LogP contribution is -2.47. The minimum absolute atomic E-state index is 0.0907. The molecule has 1 aliphatic rings. The summed E-state index contributed by atoms with van der Waals surface area (Å²) < 4.78 is -0.226. The Balaban J connectivity index is 2.85. The van der Waals surface area contributed by atoms with Gasteiger partial charge in [-0.1, -0.05) is 6.92 Å². The molecule has 4 heteroatoms. The summed E-state index contributed by atoms with van der Waals surface area (Å²) in [5, 5.41) is 12.2. The minimum Gasteiger partial charge on any atom is -0.480 e. The number of carbonyl (C=O) groups is 1. The first-order chi connectivity index (χ1) is 5.81. The zero-order valence-corrected chi connectivity index (χ0v) is 9.36. The van der Waals surface area contributed by atoms with Crippen molar-refractivity contribution in [2.75, 3.05) is 0 Å². The van der Waals surface area contributed by atoms with Crippen molar-refractivity contribution in [3.05, 3.63) is 0 Å². The van der Waals surface area contributed by atoms with Crippen LogP contribution in [0.15, 0.2) is 0 Å². The van der Waals surface area contributed by atoms with Gasteiger partial charge in [0.1, 0.15) is 6.04 Å². The Morgan fingerprint density at radius 2 is 2.08 bits per heavy atom. The largest absolute Gasteiger partial charge is 0.480 e. The first-order valence-corrected chi connectivity index (χ1v) is 5.33. The number of aliphatic carboxylic acids is 1. The minimum atomic E-state index is -0.755. The van der Waals surface area contributed by atoms with Crippen LogP contribution in [0.3, 0.4) is 0 Å². The molecule has 0 aromatic heterocycles. The van der Waals surface area contributed by atoms with E-state index in [0.29, 0.717) is 0 Å². The maximum Gasteiger partial charge on any atom is 0.322 e. The molecule has 0 aromatic carbocycles. The van der Waals surface area contributed by atoms with Gasteiger partial charge >= 0.3 is 5.97 Å². The van der Waals surface area contributed by atoms with Crippen molar-refractivity contribution in [2.24, 2.45) is 0 Å². The molecule has 13 heavy (non-hydrogen) atoms. The van der Waals surface area contributed by atoms with Crippen molar-refractivity contribution < 1.29 is 9.90 Å². The van der Waals surface area contributed by atoms with E-state index in [-0.39, 0.29) is 9.62 Å². The predicted molar refractivity (Wildman–Crippen MR) is 54.9 cm³/mol. The van der Waals surface area contributed by atoms with Crippen LogP contribution in [0.1, 0.15) is 34.1 Å². The van der Waals surface area contributed by atoms with E-state index in [1.54, 1.807) is 11.8 Å². The Hall–Kier alpha value is -0.220. The van der Waals surface area contributed by atoms with Crippen LogP contribution in [0.5, 0.6) is 0 Å². The predicted octanol–water partition coefficient (Wildman–Crippen LogP) is 1.68. The molecular formula is C9H17NO2S. The molecule has 1 aliphatic heterocycles. The van der Waals surface area contributed by atoms with E-state index in [1.165, 1.54) is 0 Å². The van der Waals surface area contributed by atoms with Crippen molar-refractivity contribution in [3.8, 4) is 0 Å². The monoisotopic (exact) mass is 203 g/mol. The van der Waals surface area contributed by atoms with E-state index in [9.17, 15) is 4.79 Å². The van der Waals surface area contributed by atoms with Crippen LogP contribution in [0.2, 0.25) is 0 Å². The fourth-order valence-corrected chi connectivity index (χ4v) is 3.44. The molecule has 1 fully saturated rings. The van der Waals surface area contributed by atoms with Gasteiger partial charge in [0.15, 0.2) is 0 Å². The maximum absolute atomic E-state index is 10.9. The summed E-state index contributed by atoms with van der Waals surface area (Å²) in [5.74, 6) is -0.755. The van der Waals surface area contributed by atoms with Gasteiger partial charge < -0.3 is 5.11 Å². The summed E-state index contributed by atoms with van der Waals surface area (Å²) in [6.45, 7) is 8.08. The molecule has 3 nitrogen and oxygen atoms in total. The summed E-state index contributed by atoms with van der Waals surface area (Å²) in [7, 11) is 0. The van der Waals surface area contributed by atoms with Gasteiger partial charge in [0, 0.05) is 4.75 Å². The summed E-state index contributed by atoms with van der Waals surface area (Å²) in [6.07, 6.45) is 0.935. The summed E-state index contributed by atoms with van der Waals surface area (Å²) >= 11 is 1.71. The van der Waals surface area contributed by atoms with E-state index in [0.717, 1.165) is 6.42 Å². The molecule has 0 bridgehead atoms. The van der Waals surface area contributed by atoms with Crippen molar-refractivity contribution in [3.63, 3.8) is 0 Å². The molecule has 0 saturated carbocycles. The normalized spacial score (nSPS) is 37.7. The number of hydrogen-bond donors (Lipinski definition) is 2. The summed E-state index contributed by atoms with van der Waals surface area (Å²) in [5.41, 5.74) is 0. The van der Waals surface area contributed by atoms with Gasteiger partial charge in [-0.25, -0.2) is 0 Å². The molecule has 0 amide bonds. The van der Waals surface area contributed by atoms with Crippen LogP contribution in [-0.4, -0.2) is 26.7 Å². The molecule has 0 spiro atoms. The van der Waals surface area contributed by atoms with Gasteiger partial charge in [-0.05, 0) is 27.2 Å². The zero-order chi connectivity index (χ0) is 10.3. The zero-order valence-electron chi connectivity index (χ0n) is 8.55. The van der Waals surface area contributed by atoms with E-state index in [1.807, 2.05) is 13.8 Å². The van der Waals surface area contributed by atoms with Crippen molar-refractivity contribution >= 4 is 17.7 Å². The standard InChI is InChI=1S/C9H17NO2S/c1-5-9(4)10-6(7(11)12)8(2,3)13-9/h6,10H,5H2,1-4H3,(H,11,12). The van der Waals surface area contributed by atoms with E-state index in [2.05, 4.69) is 19.2 Å². The average molecular weight is 203 g/mol. The van der Waals surface area contributed by atoms with Gasteiger partial charge in [-0.2, -0.15) is 0 Å². The van der Waals surface area contributed by atoms with Crippen LogP contribution in [0, 0.1) is 0 Å². The van der Waals surface area contributed by atoms with E-state index >= 15 is 0 Å². The second-order valence-electron chi connectivity index (χ2n) is 4.21. The fraction of sp³-hybridized carbons (Fsp3) is 0.889. The molecule has 1 heterocycles. The van der Waals surface area contributed by atoms with E-state index < -0.39 is 12.0 Å². The lowest BCUT2D eigenvalue weighted by molar-refractivity contribution is -0.140. The number of nitrogens with one attached hydrogen (secondary N) is 1. The van der Waals surface area contributed by atoms with Crippen molar-refractivity contribution in [1.29, 1.82) is 0 Å². The van der Waals surface area contributed by atoms with Gasteiger partial charge in [-0.15, -0.1) is 11.8 Å². The van der Waals surface area contributed by atoms with Crippen LogP contribution < -0.4 is 5.32 Å². The highest BCUT2D eigenvalue weighted by molar-refractivity contribution is 8.02. The van der Waals surface area contributed by atoms with Crippen LogP contribution in [0.4, 0.5) is 0 Å². The molecule has 0 aliphatic carbocycles. The molecule has 0 aromatic rings. The highest BCUT2D eigenvalue weighted by atomic mass is 32.2. The number of thioether (sulfide) groups is 1. The third-order valence-electron chi connectivity index (χ3n) is 2.55. The molecule has 2 unspecified atom stereocenters. The summed E-state index contributed by atoms with van der Waals surface area (Å²) in [4.78, 5) is 10.9. The first-order valence-electron chi connectivity index (χ1n) is 4.51. The van der Waals surface area contributed by atoms with Crippen LogP contribution in [-0.2, 0) is 4.79 Å². The highest BCUT2D eigenvalue weighted by Crippen LogP contribution is 2.45. The van der Waals surface area contributed by atoms with Crippen LogP contribution >= 0.6 is 11.8 Å². The van der Waals surface area contributed by atoms with Gasteiger partial charge in [0.05, 0.1) is 4.87 Å². The molecular weight excluding hydrogens is 186 g/mol. The Kier molecular flexibility index (Phi) is 2.65. The molecule has 1 rings (SSSR count). The Labute approximate surface area is 83.3 Å². The second-order valence-corrected chi connectivity index (χ2v) is 6.36.